The van der Waals surface area contributed by atoms with Crippen molar-refractivity contribution in [2.24, 2.45) is 5.92 Å². The average Bonchev–Trinajstić information content (AvgIpc) is 2.59. The number of aromatic nitrogens is 2. The molecule has 2 aliphatic rings. The van der Waals surface area contributed by atoms with Crippen molar-refractivity contribution in [2.75, 3.05) is 5.32 Å². The molecule has 0 bridgehead atoms. The fourth-order valence-corrected chi connectivity index (χ4v) is 4.61. The topological polar surface area (TPSA) is 37.8 Å². The lowest BCUT2D eigenvalue weighted by atomic mass is 9.60. The van der Waals surface area contributed by atoms with Crippen LogP contribution in [-0.2, 0) is 6.42 Å². The lowest BCUT2D eigenvalue weighted by molar-refractivity contribution is 0.194. The van der Waals surface area contributed by atoms with Gasteiger partial charge in [0, 0.05) is 18.3 Å². The first-order valence-electron chi connectivity index (χ1n) is 8.55. The molecular formula is C20H18ClN3. The molecule has 2 heterocycles. The molecule has 1 N–H and O–H groups in total. The molecule has 1 aromatic carbocycles. The average molecular weight is 336 g/mol. The number of pyridine rings is 2. The van der Waals surface area contributed by atoms with Gasteiger partial charge in [0.25, 0.3) is 0 Å². The lowest BCUT2D eigenvalue weighted by Gasteiger charge is -2.49. The summed E-state index contributed by atoms with van der Waals surface area (Å²) in [4.78, 5) is 8.99. The molecule has 4 heteroatoms. The summed E-state index contributed by atoms with van der Waals surface area (Å²) in [5.41, 5.74) is 4.70. The Labute approximate surface area is 146 Å². The predicted molar refractivity (Wildman–Crippen MR) is 97.6 cm³/mol. The van der Waals surface area contributed by atoms with E-state index < -0.39 is 0 Å². The number of fused-ring (bicyclic) bond motifs is 4. The molecule has 120 valence electrons. The van der Waals surface area contributed by atoms with Gasteiger partial charge in [-0.25, -0.2) is 4.98 Å². The molecule has 0 aliphatic heterocycles. The van der Waals surface area contributed by atoms with Crippen molar-refractivity contribution in [3.8, 4) is 0 Å². The van der Waals surface area contributed by atoms with Crippen molar-refractivity contribution >= 4 is 28.5 Å². The second-order valence-corrected chi connectivity index (χ2v) is 7.26. The van der Waals surface area contributed by atoms with E-state index in [0.717, 1.165) is 16.9 Å². The van der Waals surface area contributed by atoms with Gasteiger partial charge in [0.15, 0.2) is 0 Å². The van der Waals surface area contributed by atoms with Crippen molar-refractivity contribution in [1.82, 2.24) is 9.97 Å². The molecule has 3 nitrogen and oxygen atoms in total. The maximum atomic E-state index is 6.37. The minimum atomic E-state index is 0.487. The summed E-state index contributed by atoms with van der Waals surface area (Å²) in [6.45, 7) is 0. The normalized spacial score (nSPS) is 24.8. The van der Waals surface area contributed by atoms with Crippen molar-refractivity contribution in [3.63, 3.8) is 0 Å². The molecule has 5 rings (SSSR count). The Morgan fingerprint density at radius 3 is 3.00 bits per heavy atom. The van der Waals surface area contributed by atoms with E-state index in [9.17, 15) is 0 Å². The van der Waals surface area contributed by atoms with Crippen LogP contribution in [0.15, 0.2) is 48.7 Å². The van der Waals surface area contributed by atoms with E-state index in [1.54, 1.807) is 11.8 Å². The van der Waals surface area contributed by atoms with Crippen LogP contribution in [-0.4, -0.2) is 16.0 Å². The zero-order valence-electron chi connectivity index (χ0n) is 13.2. The number of rotatable bonds is 2. The highest BCUT2D eigenvalue weighted by molar-refractivity contribution is 6.35. The van der Waals surface area contributed by atoms with Crippen molar-refractivity contribution in [1.29, 1.82) is 0 Å². The minimum absolute atomic E-state index is 0.487. The highest BCUT2D eigenvalue weighted by Crippen LogP contribution is 2.50. The fraction of sp³-hybridized carbons (Fsp3) is 0.300. The summed E-state index contributed by atoms with van der Waals surface area (Å²) in [5.74, 6) is 2.26. The van der Waals surface area contributed by atoms with Crippen molar-refractivity contribution in [2.45, 2.75) is 31.2 Å². The van der Waals surface area contributed by atoms with E-state index in [-0.39, 0.29) is 0 Å². The van der Waals surface area contributed by atoms with Gasteiger partial charge < -0.3 is 5.32 Å². The fourth-order valence-electron chi connectivity index (χ4n) is 4.36. The summed E-state index contributed by atoms with van der Waals surface area (Å²) < 4.78 is 0. The number of aryl methyl sites for hydroxylation is 1. The zero-order valence-corrected chi connectivity index (χ0v) is 14.0. The van der Waals surface area contributed by atoms with Crippen LogP contribution in [0.2, 0.25) is 5.02 Å². The van der Waals surface area contributed by atoms with Gasteiger partial charge in [0.1, 0.15) is 11.3 Å². The molecule has 3 unspecified atom stereocenters. The van der Waals surface area contributed by atoms with Gasteiger partial charge in [-0.3, -0.25) is 4.98 Å². The first-order chi connectivity index (χ1) is 11.8. The number of nitrogens with zero attached hydrogens (tertiary/aromatic N) is 2. The van der Waals surface area contributed by atoms with Crippen LogP contribution in [0.4, 0.5) is 5.82 Å². The van der Waals surface area contributed by atoms with Crippen LogP contribution in [0.1, 0.15) is 29.9 Å². The van der Waals surface area contributed by atoms with Crippen LogP contribution in [0.5, 0.6) is 0 Å². The standard InChI is InChI=1S/C20H18ClN3/c21-16-11-19(23-17-6-3-9-22-20(16)17)24-18-10-15-13-5-2-1-4-12(13)7-8-14(15)18/h1-6,9,11,14-15,18H,7-8,10H2,(H,23,24). The van der Waals surface area contributed by atoms with Crippen LogP contribution < -0.4 is 5.32 Å². The van der Waals surface area contributed by atoms with Gasteiger partial charge >= 0.3 is 0 Å². The molecule has 0 amide bonds. The molecule has 0 radical (unpaired) electrons. The molecule has 2 aliphatic carbocycles. The number of halogens is 1. The molecular weight excluding hydrogens is 318 g/mol. The summed E-state index contributed by atoms with van der Waals surface area (Å²) in [7, 11) is 0. The van der Waals surface area contributed by atoms with Crippen LogP contribution in [0, 0.1) is 5.92 Å². The Balaban J connectivity index is 1.39. The first kappa shape index (κ1) is 14.2. The van der Waals surface area contributed by atoms with Gasteiger partial charge in [0.05, 0.1) is 10.5 Å². The van der Waals surface area contributed by atoms with E-state index >= 15 is 0 Å². The number of hydrogen-bond donors (Lipinski definition) is 1. The van der Waals surface area contributed by atoms with Crippen LogP contribution in [0.25, 0.3) is 11.0 Å². The molecule has 24 heavy (non-hydrogen) atoms. The number of nitrogens with one attached hydrogen (secondary N) is 1. The second kappa shape index (κ2) is 5.45. The summed E-state index contributed by atoms with van der Waals surface area (Å²) in [6.07, 6.45) is 5.36. The Morgan fingerprint density at radius 1 is 1.12 bits per heavy atom. The number of benzene rings is 1. The number of hydrogen-bond acceptors (Lipinski definition) is 3. The third-order valence-corrected chi connectivity index (χ3v) is 5.88. The van der Waals surface area contributed by atoms with Crippen LogP contribution in [0.3, 0.4) is 0 Å². The van der Waals surface area contributed by atoms with Crippen LogP contribution >= 0.6 is 11.6 Å². The van der Waals surface area contributed by atoms with Gasteiger partial charge in [-0.2, -0.15) is 0 Å². The molecule has 3 atom stereocenters. The smallest absolute Gasteiger partial charge is 0.128 e. The van der Waals surface area contributed by atoms with E-state index in [0.29, 0.717) is 22.9 Å². The molecule has 1 fully saturated rings. The van der Waals surface area contributed by atoms with E-state index in [2.05, 4.69) is 39.6 Å². The van der Waals surface area contributed by atoms with Crippen molar-refractivity contribution < 1.29 is 0 Å². The Bertz CT molecular complexity index is 924. The largest absolute Gasteiger partial charge is 0.367 e. The highest BCUT2D eigenvalue weighted by atomic mass is 35.5. The Kier molecular flexibility index (Phi) is 3.23. The maximum Gasteiger partial charge on any atom is 0.128 e. The zero-order chi connectivity index (χ0) is 16.1. The van der Waals surface area contributed by atoms with Gasteiger partial charge in [-0.1, -0.05) is 35.9 Å². The monoisotopic (exact) mass is 335 g/mol. The third kappa shape index (κ3) is 2.19. The molecule has 1 saturated carbocycles. The maximum absolute atomic E-state index is 6.37. The van der Waals surface area contributed by atoms with Gasteiger partial charge in [-0.05, 0) is 54.4 Å². The van der Waals surface area contributed by atoms with Gasteiger partial charge in [-0.15, -0.1) is 0 Å². The van der Waals surface area contributed by atoms with Gasteiger partial charge in [0.2, 0.25) is 0 Å². The SMILES string of the molecule is Clc1cc(NC2CC3c4ccccc4CCC23)nc2cccnc12. The lowest BCUT2D eigenvalue weighted by Crippen LogP contribution is -2.47. The minimum Gasteiger partial charge on any atom is -0.367 e. The summed E-state index contributed by atoms with van der Waals surface area (Å²) in [5, 5.41) is 4.28. The highest BCUT2D eigenvalue weighted by Gasteiger charge is 2.44. The van der Waals surface area contributed by atoms with Crippen molar-refractivity contribution in [3.05, 3.63) is 64.8 Å². The number of anilines is 1. The molecule has 0 saturated heterocycles. The Morgan fingerprint density at radius 2 is 2.04 bits per heavy atom. The molecule has 0 spiro atoms. The molecule has 3 aromatic rings. The van der Waals surface area contributed by atoms with E-state index in [4.69, 9.17) is 11.6 Å². The second-order valence-electron chi connectivity index (χ2n) is 6.85. The summed E-state index contributed by atoms with van der Waals surface area (Å²) in [6, 6.07) is 15.2. The third-order valence-electron chi connectivity index (χ3n) is 5.59. The van der Waals surface area contributed by atoms with E-state index in [1.165, 1.54) is 24.8 Å². The first-order valence-corrected chi connectivity index (χ1v) is 8.93. The quantitative estimate of drug-likeness (QED) is 0.730. The predicted octanol–water partition coefficient (Wildman–Crippen LogP) is 4.81. The Hall–Kier alpha value is -2.13. The summed E-state index contributed by atoms with van der Waals surface area (Å²) >= 11 is 6.37. The van der Waals surface area contributed by atoms with E-state index in [1.807, 2.05) is 18.2 Å². The molecule has 2 aromatic heterocycles.